The number of hydrogen-bond acceptors (Lipinski definition) is 4. The molecule has 0 N–H and O–H groups in total. The normalized spacial score (nSPS) is 18.9. The third kappa shape index (κ3) is 7.06. The van der Waals surface area contributed by atoms with E-state index in [1.165, 1.54) is 0 Å². The molecule has 7 heteroatoms. The first-order chi connectivity index (χ1) is 17.0. The van der Waals surface area contributed by atoms with Gasteiger partial charge in [-0.2, -0.15) is 0 Å². The van der Waals surface area contributed by atoms with Crippen molar-refractivity contribution < 1.29 is 14.3 Å². The van der Waals surface area contributed by atoms with Crippen molar-refractivity contribution in [3.63, 3.8) is 0 Å². The first kappa shape index (κ1) is 25.7. The van der Waals surface area contributed by atoms with Crippen LogP contribution < -0.4 is 4.90 Å². The van der Waals surface area contributed by atoms with Crippen LogP contribution in [0.1, 0.15) is 43.7 Å². The van der Waals surface area contributed by atoms with Crippen LogP contribution in [0.4, 0.5) is 5.69 Å². The Morgan fingerprint density at radius 3 is 2.34 bits per heavy atom. The van der Waals surface area contributed by atoms with E-state index in [0.29, 0.717) is 37.1 Å². The average molecular weight is 498 g/mol. The molecule has 2 aromatic carbocycles. The van der Waals surface area contributed by atoms with Crippen molar-refractivity contribution in [3.05, 3.63) is 64.7 Å². The number of para-hydroxylation sites is 1. The van der Waals surface area contributed by atoms with E-state index in [0.717, 1.165) is 68.8 Å². The molecule has 4 rings (SSSR count). The van der Waals surface area contributed by atoms with Crippen molar-refractivity contribution in [2.75, 3.05) is 44.3 Å². The molecular formula is C28H36ClN3O3. The number of halogens is 1. The van der Waals surface area contributed by atoms with Gasteiger partial charge in [0.1, 0.15) is 0 Å². The van der Waals surface area contributed by atoms with Crippen LogP contribution in [0.3, 0.4) is 0 Å². The van der Waals surface area contributed by atoms with Gasteiger partial charge in [0.15, 0.2) is 0 Å². The number of carbonyl (C=O) groups is 2. The zero-order valence-corrected chi connectivity index (χ0v) is 21.4. The Labute approximate surface area is 213 Å². The predicted molar refractivity (Wildman–Crippen MR) is 140 cm³/mol. The molecule has 2 amide bonds. The second-order valence-electron chi connectivity index (χ2n) is 9.50. The van der Waals surface area contributed by atoms with Gasteiger partial charge in [-0.05, 0) is 55.0 Å². The zero-order valence-electron chi connectivity index (χ0n) is 20.6. The number of fused-ring (bicyclic) bond motifs is 1. The molecule has 2 heterocycles. The third-order valence-corrected chi connectivity index (χ3v) is 7.30. The van der Waals surface area contributed by atoms with Crippen molar-refractivity contribution in [2.45, 2.75) is 51.6 Å². The van der Waals surface area contributed by atoms with E-state index in [9.17, 15) is 9.59 Å². The molecule has 35 heavy (non-hydrogen) atoms. The minimum absolute atomic E-state index is 0.0335. The Morgan fingerprint density at radius 1 is 0.943 bits per heavy atom. The number of carbonyl (C=O) groups excluding carboxylic acids is 2. The third-order valence-electron chi connectivity index (χ3n) is 7.05. The summed E-state index contributed by atoms with van der Waals surface area (Å²) in [4.78, 5) is 32.5. The van der Waals surface area contributed by atoms with Gasteiger partial charge in [0, 0.05) is 69.6 Å². The maximum absolute atomic E-state index is 13.5. The highest BCUT2D eigenvalue weighted by atomic mass is 35.5. The molecule has 0 spiro atoms. The lowest BCUT2D eigenvalue weighted by Gasteiger charge is -2.36. The monoisotopic (exact) mass is 497 g/mol. The van der Waals surface area contributed by atoms with E-state index in [4.69, 9.17) is 16.3 Å². The van der Waals surface area contributed by atoms with Crippen LogP contribution >= 0.6 is 11.6 Å². The quantitative estimate of drug-likeness (QED) is 0.624. The summed E-state index contributed by atoms with van der Waals surface area (Å²) in [6.45, 7) is 6.96. The van der Waals surface area contributed by atoms with Gasteiger partial charge in [0.25, 0.3) is 0 Å². The summed E-state index contributed by atoms with van der Waals surface area (Å²) in [7, 11) is 0. The van der Waals surface area contributed by atoms with Crippen molar-refractivity contribution in [1.82, 2.24) is 9.80 Å². The lowest BCUT2D eigenvalue weighted by atomic mass is 10.1. The Kier molecular flexibility index (Phi) is 9.18. The van der Waals surface area contributed by atoms with Gasteiger partial charge in [-0.15, -0.1) is 0 Å². The lowest BCUT2D eigenvalue weighted by Crippen LogP contribution is -2.44. The Morgan fingerprint density at radius 2 is 1.63 bits per heavy atom. The van der Waals surface area contributed by atoms with Crippen LogP contribution in [0.25, 0.3) is 0 Å². The summed E-state index contributed by atoms with van der Waals surface area (Å²) in [6.07, 6.45) is 4.25. The maximum Gasteiger partial charge on any atom is 0.227 e. The molecule has 0 saturated carbocycles. The van der Waals surface area contributed by atoms with Crippen LogP contribution in [-0.4, -0.2) is 67.0 Å². The summed E-state index contributed by atoms with van der Waals surface area (Å²) < 4.78 is 5.59. The number of ether oxygens (including phenoxy) is 1. The molecule has 0 aromatic heterocycles. The number of benzene rings is 2. The van der Waals surface area contributed by atoms with Gasteiger partial charge < -0.3 is 19.4 Å². The number of hydrogen-bond donors (Lipinski definition) is 0. The Bertz CT molecular complexity index is 991. The summed E-state index contributed by atoms with van der Waals surface area (Å²) >= 11 is 6.03. The zero-order chi connectivity index (χ0) is 24.6. The molecule has 6 nitrogen and oxygen atoms in total. The van der Waals surface area contributed by atoms with Crippen molar-refractivity contribution >= 4 is 29.1 Å². The van der Waals surface area contributed by atoms with E-state index in [-0.39, 0.29) is 11.8 Å². The molecule has 0 aliphatic carbocycles. The van der Waals surface area contributed by atoms with Crippen molar-refractivity contribution in [1.29, 1.82) is 0 Å². The standard InChI is InChI=1S/C28H36ClN3O3/c1-22(33)32-17-5-15-30(26-12-18-35-19-13-26)14-4-16-31(21-24-6-2-3-7-27(24)32)28(34)20-23-8-10-25(29)11-9-23/h2-3,6-11,26H,4-5,12-21H2,1H3. The van der Waals surface area contributed by atoms with Crippen LogP contribution in [0.5, 0.6) is 0 Å². The van der Waals surface area contributed by atoms with Crippen molar-refractivity contribution in [3.8, 4) is 0 Å². The SMILES string of the molecule is CC(=O)N1CCCN(C2CCOCC2)CCCN(C(=O)Cc2ccc(Cl)cc2)Cc2ccccc21. The Hall–Kier alpha value is -2.41. The smallest absolute Gasteiger partial charge is 0.227 e. The average Bonchev–Trinajstić information content (AvgIpc) is 2.86. The molecule has 0 bridgehead atoms. The summed E-state index contributed by atoms with van der Waals surface area (Å²) in [5, 5.41) is 0.666. The minimum Gasteiger partial charge on any atom is -0.381 e. The van der Waals surface area contributed by atoms with Gasteiger partial charge in [-0.3, -0.25) is 9.59 Å². The van der Waals surface area contributed by atoms with E-state index >= 15 is 0 Å². The second kappa shape index (κ2) is 12.5. The maximum atomic E-state index is 13.5. The fourth-order valence-electron chi connectivity index (χ4n) is 5.17. The number of rotatable bonds is 3. The minimum atomic E-state index is 0.0335. The highest BCUT2D eigenvalue weighted by molar-refractivity contribution is 6.30. The van der Waals surface area contributed by atoms with Gasteiger partial charge in [0.2, 0.25) is 11.8 Å². The van der Waals surface area contributed by atoms with Crippen LogP contribution in [-0.2, 0) is 27.3 Å². The summed E-state index contributed by atoms with van der Waals surface area (Å²) in [5.41, 5.74) is 2.87. The van der Waals surface area contributed by atoms with Gasteiger partial charge >= 0.3 is 0 Å². The molecule has 2 aromatic rings. The van der Waals surface area contributed by atoms with Crippen LogP contribution in [0.15, 0.2) is 48.5 Å². The largest absolute Gasteiger partial charge is 0.381 e. The fourth-order valence-corrected chi connectivity index (χ4v) is 5.29. The predicted octanol–water partition coefficient (Wildman–Crippen LogP) is 4.54. The topological polar surface area (TPSA) is 53.1 Å². The molecule has 2 aliphatic heterocycles. The van der Waals surface area contributed by atoms with E-state index in [1.54, 1.807) is 6.92 Å². The van der Waals surface area contributed by atoms with Gasteiger partial charge in [-0.1, -0.05) is 41.9 Å². The lowest BCUT2D eigenvalue weighted by molar-refractivity contribution is -0.131. The van der Waals surface area contributed by atoms with Crippen molar-refractivity contribution in [2.24, 2.45) is 0 Å². The molecule has 1 fully saturated rings. The molecule has 0 atom stereocenters. The highest BCUT2D eigenvalue weighted by Gasteiger charge is 2.25. The van der Waals surface area contributed by atoms with Gasteiger partial charge in [0.05, 0.1) is 6.42 Å². The highest BCUT2D eigenvalue weighted by Crippen LogP contribution is 2.25. The molecule has 2 aliphatic rings. The number of anilines is 1. The van der Waals surface area contributed by atoms with E-state index < -0.39 is 0 Å². The van der Waals surface area contributed by atoms with Gasteiger partial charge in [-0.25, -0.2) is 0 Å². The molecular weight excluding hydrogens is 462 g/mol. The molecule has 1 saturated heterocycles. The van der Waals surface area contributed by atoms with E-state index in [2.05, 4.69) is 4.90 Å². The second-order valence-corrected chi connectivity index (χ2v) is 9.94. The fraction of sp³-hybridized carbons (Fsp3) is 0.500. The molecule has 188 valence electrons. The molecule has 0 unspecified atom stereocenters. The first-order valence-corrected chi connectivity index (χ1v) is 13.1. The number of amides is 2. The summed E-state index contributed by atoms with van der Waals surface area (Å²) in [5.74, 6) is 0.123. The summed E-state index contributed by atoms with van der Waals surface area (Å²) in [6, 6.07) is 16.0. The number of nitrogens with zero attached hydrogens (tertiary/aromatic N) is 3. The molecule has 0 radical (unpaired) electrons. The van der Waals surface area contributed by atoms with Crippen LogP contribution in [0, 0.1) is 0 Å². The van der Waals surface area contributed by atoms with E-state index in [1.807, 2.05) is 58.3 Å². The first-order valence-electron chi connectivity index (χ1n) is 12.7. The van der Waals surface area contributed by atoms with Crippen LogP contribution in [0.2, 0.25) is 5.02 Å². The Balaban J connectivity index is 1.58.